The van der Waals surface area contributed by atoms with E-state index in [-0.39, 0.29) is 5.92 Å². The van der Waals surface area contributed by atoms with Crippen LogP contribution in [0.1, 0.15) is 32.0 Å². The van der Waals surface area contributed by atoms with Crippen molar-refractivity contribution >= 4 is 11.8 Å². The molecule has 23 heavy (non-hydrogen) atoms. The van der Waals surface area contributed by atoms with Crippen LogP contribution >= 0.6 is 0 Å². The molecule has 0 amide bonds. The predicted molar refractivity (Wildman–Crippen MR) is 84.1 cm³/mol. The topological polar surface area (TPSA) is 92.4 Å². The van der Waals surface area contributed by atoms with E-state index in [2.05, 4.69) is 26.9 Å². The van der Waals surface area contributed by atoms with Crippen LogP contribution in [0.15, 0.2) is 22.9 Å². The minimum atomic E-state index is -0.702. The number of nitrogens with zero attached hydrogens (tertiary/aromatic N) is 4. The molecule has 0 unspecified atom stereocenters. The van der Waals surface area contributed by atoms with Crippen LogP contribution in [0.4, 0.5) is 5.82 Å². The van der Waals surface area contributed by atoms with E-state index in [0.717, 1.165) is 24.2 Å². The molecule has 1 fully saturated rings. The van der Waals surface area contributed by atoms with Crippen LogP contribution in [0.2, 0.25) is 0 Å². The van der Waals surface area contributed by atoms with E-state index in [4.69, 9.17) is 9.63 Å². The number of piperidine rings is 1. The van der Waals surface area contributed by atoms with Gasteiger partial charge in [-0.25, -0.2) is 4.98 Å². The third kappa shape index (κ3) is 3.49. The van der Waals surface area contributed by atoms with E-state index in [1.54, 1.807) is 6.20 Å². The van der Waals surface area contributed by atoms with Crippen molar-refractivity contribution in [2.75, 3.05) is 18.0 Å². The molecule has 7 heteroatoms. The Labute approximate surface area is 134 Å². The first-order valence-corrected chi connectivity index (χ1v) is 7.94. The van der Waals surface area contributed by atoms with Crippen LogP contribution in [-0.2, 0) is 11.2 Å². The van der Waals surface area contributed by atoms with Crippen molar-refractivity contribution in [3.8, 4) is 11.5 Å². The fourth-order valence-electron chi connectivity index (χ4n) is 2.75. The second kappa shape index (κ2) is 6.76. The zero-order valence-corrected chi connectivity index (χ0v) is 13.1. The van der Waals surface area contributed by atoms with Crippen LogP contribution in [-0.4, -0.2) is 39.3 Å². The summed E-state index contributed by atoms with van der Waals surface area (Å²) in [6.45, 7) is 3.49. The minimum Gasteiger partial charge on any atom is -0.481 e. The largest absolute Gasteiger partial charge is 0.481 e. The maximum atomic E-state index is 11.0. The van der Waals surface area contributed by atoms with Gasteiger partial charge < -0.3 is 14.5 Å². The molecule has 0 radical (unpaired) electrons. The quantitative estimate of drug-likeness (QED) is 0.905. The molecule has 3 heterocycles. The SMILES string of the molecule is CCCc1noc(-c2ccc(N3CCC(C(=O)O)CC3)nc2)n1. The van der Waals surface area contributed by atoms with Crippen LogP contribution in [0.3, 0.4) is 0 Å². The van der Waals surface area contributed by atoms with Gasteiger partial charge in [0.15, 0.2) is 5.82 Å². The van der Waals surface area contributed by atoms with Crippen LogP contribution in [0, 0.1) is 5.92 Å². The lowest BCUT2D eigenvalue weighted by molar-refractivity contribution is -0.142. The van der Waals surface area contributed by atoms with E-state index < -0.39 is 5.97 Å². The summed E-state index contributed by atoms with van der Waals surface area (Å²) in [5.74, 6) is 1.11. The molecule has 0 atom stereocenters. The second-order valence-corrected chi connectivity index (χ2v) is 5.77. The molecule has 122 valence electrons. The molecule has 0 aliphatic carbocycles. The highest BCUT2D eigenvalue weighted by atomic mass is 16.5. The highest BCUT2D eigenvalue weighted by molar-refractivity contribution is 5.70. The van der Waals surface area contributed by atoms with Gasteiger partial charge in [-0.2, -0.15) is 4.98 Å². The molecule has 1 aliphatic heterocycles. The van der Waals surface area contributed by atoms with E-state index >= 15 is 0 Å². The maximum Gasteiger partial charge on any atom is 0.306 e. The predicted octanol–water partition coefficient (Wildman–Crippen LogP) is 2.39. The van der Waals surface area contributed by atoms with Gasteiger partial charge in [-0.1, -0.05) is 12.1 Å². The number of rotatable bonds is 5. The average molecular weight is 316 g/mol. The molecular formula is C16H20N4O3. The van der Waals surface area contributed by atoms with Crippen LogP contribution in [0.25, 0.3) is 11.5 Å². The second-order valence-electron chi connectivity index (χ2n) is 5.77. The fourth-order valence-corrected chi connectivity index (χ4v) is 2.75. The summed E-state index contributed by atoms with van der Waals surface area (Å²) in [5, 5.41) is 13.0. The smallest absolute Gasteiger partial charge is 0.306 e. The summed E-state index contributed by atoms with van der Waals surface area (Å²) in [5.41, 5.74) is 0.795. The van der Waals surface area contributed by atoms with Crippen LogP contribution in [0.5, 0.6) is 0 Å². The van der Waals surface area contributed by atoms with Gasteiger partial charge in [0.2, 0.25) is 0 Å². The number of aliphatic carboxylic acids is 1. The van der Waals surface area contributed by atoms with Gasteiger partial charge in [-0.15, -0.1) is 0 Å². The van der Waals surface area contributed by atoms with Crippen molar-refractivity contribution in [1.82, 2.24) is 15.1 Å². The van der Waals surface area contributed by atoms with E-state index in [1.807, 2.05) is 12.1 Å². The van der Waals surface area contributed by atoms with Gasteiger partial charge in [0.05, 0.1) is 11.5 Å². The summed E-state index contributed by atoms with van der Waals surface area (Å²) in [6, 6.07) is 3.83. The third-order valence-electron chi connectivity index (χ3n) is 4.10. The Hall–Kier alpha value is -2.44. The Kier molecular flexibility index (Phi) is 4.55. The van der Waals surface area contributed by atoms with Gasteiger partial charge in [-0.3, -0.25) is 4.79 Å². The Bertz CT molecular complexity index is 660. The average Bonchev–Trinajstić information content (AvgIpc) is 3.04. The molecule has 2 aromatic rings. The minimum absolute atomic E-state index is 0.235. The zero-order chi connectivity index (χ0) is 16.2. The molecule has 1 aliphatic rings. The monoisotopic (exact) mass is 316 g/mol. The standard InChI is InChI=1S/C16H20N4O3/c1-2-3-13-18-15(23-19-13)12-4-5-14(17-10-12)20-8-6-11(7-9-20)16(21)22/h4-5,10-11H,2-3,6-9H2,1H3,(H,21,22). The van der Waals surface area contributed by atoms with Crippen molar-refractivity contribution in [2.45, 2.75) is 32.6 Å². The van der Waals surface area contributed by atoms with Gasteiger partial charge in [0.25, 0.3) is 5.89 Å². The van der Waals surface area contributed by atoms with Crippen LogP contribution < -0.4 is 4.90 Å². The molecule has 3 rings (SSSR count). The van der Waals surface area contributed by atoms with E-state index in [9.17, 15) is 4.79 Å². The summed E-state index contributed by atoms with van der Waals surface area (Å²) >= 11 is 0. The first kappa shape index (κ1) is 15.5. The highest BCUT2D eigenvalue weighted by Gasteiger charge is 2.25. The first-order valence-electron chi connectivity index (χ1n) is 7.94. The number of aromatic nitrogens is 3. The zero-order valence-electron chi connectivity index (χ0n) is 13.1. The summed E-state index contributed by atoms with van der Waals surface area (Å²) in [6.07, 6.45) is 4.81. The molecule has 0 spiro atoms. The number of anilines is 1. The first-order chi connectivity index (χ1) is 11.2. The summed E-state index contributed by atoms with van der Waals surface area (Å²) in [7, 11) is 0. The van der Waals surface area contributed by atoms with E-state index in [1.165, 1.54) is 0 Å². The van der Waals surface area contributed by atoms with Gasteiger partial charge >= 0.3 is 5.97 Å². The molecule has 0 saturated carbocycles. The Balaban J connectivity index is 1.66. The van der Waals surface area contributed by atoms with Crippen molar-refractivity contribution in [1.29, 1.82) is 0 Å². The van der Waals surface area contributed by atoms with Gasteiger partial charge in [0.1, 0.15) is 5.82 Å². The molecule has 0 aromatic carbocycles. The number of aryl methyl sites for hydroxylation is 1. The Morgan fingerprint density at radius 1 is 1.39 bits per heavy atom. The van der Waals surface area contributed by atoms with Crippen molar-refractivity contribution < 1.29 is 14.4 Å². The van der Waals surface area contributed by atoms with Gasteiger partial charge in [-0.05, 0) is 31.4 Å². The molecule has 1 N–H and O–H groups in total. The molecular weight excluding hydrogens is 296 g/mol. The lowest BCUT2D eigenvalue weighted by Crippen LogP contribution is -2.36. The number of carboxylic acids is 1. The number of carbonyl (C=O) groups is 1. The normalized spacial score (nSPS) is 15.8. The number of pyridine rings is 1. The molecule has 2 aromatic heterocycles. The Morgan fingerprint density at radius 2 is 2.17 bits per heavy atom. The highest BCUT2D eigenvalue weighted by Crippen LogP contribution is 2.24. The number of hydrogen-bond acceptors (Lipinski definition) is 6. The van der Waals surface area contributed by atoms with Crippen molar-refractivity contribution in [3.63, 3.8) is 0 Å². The summed E-state index contributed by atoms with van der Waals surface area (Å²) < 4.78 is 5.25. The lowest BCUT2D eigenvalue weighted by atomic mass is 9.97. The van der Waals surface area contributed by atoms with Crippen molar-refractivity contribution in [2.24, 2.45) is 5.92 Å². The fraction of sp³-hybridized carbons (Fsp3) is 0.500. The molecule has 0 bridgehead atoms. The van der Waals surface area contributed by atoms with Crippen molar-refractivity contribution in [3.05, 3.63) is 24.2 Å². The number of carboxylic acid groups (broad SMARTS) is 1. The van der Waals surface area contributed by atoms with E-state index in [0.29, 0.717) is 37.6 Å². The maximum absolute atomic E-state index is 11.0. The number of hydrogen-bond donors (Lipinski definition) is 1. The summed E-state index contributed by atoms with van der Waals surface area (Å²) in [4.78, 5) is 21.9. The molecule has 7 nitrogen and oxygen atoms in total. The third-order valence-corrected chi connectivity index (χ3v) is 4.10. The lowest BCUT2D eigenvalue weighted by Gasteiger charge is -2.30. The van der Waals surface area contributed by atoms with Gasteiger partial charge in [0, 0.05) is 25.7 Å². The molecule has 1 saturated heterocycles. The Morgan fingerprint density at radius 3 is 2.78 bits per heavy atom.